The zero-order valence-electron chi connectivity index (χ0n) is 15.5. The molecule has 0 aliphatic rings. The highest BCUT2D eigenvalue weighted by atomic mass is 32.3. The van der Waals surface area contributed by atoms with Gasteiger partial charge in [-0.1, -0.05) is 55.4 Å². The normalized spacial score (nSPS) is 17.0. The van der Waals surface area contributed by atoms with Gasteiger partial charge in [-0.15, -0.1) is 0 Å². The first-order chi connectivity index (χ1) is 10.0. The molecule has 0 aliphatic carbocycles. The van der Waals surface area contributed by atoms with Crippen molar-refractivity contribution in [1.29, 1.82) is 0 Å². The van der Waals surface area contributed by atoms with Crippen LogP contribution in [0.15, 0.2) is 0 Å². The van der Waals surface area contributed by atoms with E-state index < -0.39 is 48.4 Å². The van der Waals surface area contributed by atoms with E-state index >= 15 is 0 Å². The number of hydrogen-bond acceptors (Lipinski definition) is 6. The summed E-state index contributed by atoms with van der Waals surface area (Å²) in [6.45, 7) is 14.6. The molecule has 0 spiro atoms. The van der Waals surface area contributed by atoms with Crippen molar-refractivity contribution in [3.8, 4) is 0 Å². The van der Waals surface area contributed by atoms with Crippen molar-refractivity contribution in [2.75, 3.05) is 5.08 Å². The van der Waals surface area contributed by atoms with E-state index in [2.05, 4.69) is 0 Å². The highest BCUT2D eigenvalue weighted by molar-refractivity contribution is 8.03. The van der Waals surface area contributed by atoms with Crippen molar-refractivity contribution in [1.82, 2.24) is 0 Å². The second-order valence-corrected chi connectivity index (χ2v) is 11.5. The van der Waals surface area contributed by atoms with Gasteiger partial charge >= 0.3 is 0 Å². The van der Waals surface area contributed by atoms with Crippen molar-refractivity contribution < 1.29 is 25.2 Å². The van der Waals surface area contributed by atoms with Crippen LogP contribution in [0.25, 0.3) is 0 Å². The second-order valence-electron chi connectivity index (χ2n) is 7.95. The summed E-state index contributed by atoms with van der Waals surface area (Å²) in [5.41, 5.74) is -0.826. The molecule has 0 saturated carbocycles. The Bertz CT molecular complexity index is 512. The van der Waals surface area contributed by atoms with Crippen LogP contribution in [-0.4, -0.2) is 34.1 Å². The van der Waals surface area contributed by atoms with Crippen LogP contribution in [-0.2, 0) is 28.6 Å². The molecule has 140 valence electrons. The third kappa shape index (κ3) is 8.47. The molecule has 0 aliphatic heterocycles. The highest BCUT2D eigenvalue weighted by Crippen LogP contribution is 2.29. The SMILES string of the molecule is CCC(OS(=O)(=O)CS(=O)(=O)OC(CC)C(C)(C)C)C(C)(C)C. The Morgan fingerprint density at radius 3 is 1.13 bits per heavy atom. The fourth-order valence-corrected chi connectivity index (χ4v) is 5.65. The molecule has 23 heavy (non-hydrogen) atoms. The van der Waals surface area contributed by atoms with Crippen LogP contribution in [0.3, 0.4) is 0 Å². The monoisotopic (exact) mass is 372 g/mol. The smallest absolute Gasteiger partial charge is 0.265 e. The first-order valence-electron chi connectivity index (χ1n) is 7.86. The summed E-state index contributed by atoms with van der Waals surface area (Å²) in [6, 6.07) is 0. The van der Waals surface area contributed by atoms with E-state index in [1.807, 2.05) is 41.5 Å². The molecule has 0 rings (SSSR count). The first-order valence-corrected chi connectivity index (χ1v) is 11.0. The average Bonchev–Trinajstić information content (AvgIpc) is 2.29. The standard InChI is InChI=1S/C15H32O6S2/c1-9-12(14(3,4)5)20-22(16,17)11-23(18,19)21-13(10-2)15(6,7)8/h12-13H,9-11H2,1-8H3. The van der Waals surface area contributed by atoms with Gasteiger partial charge < -0.3 is 0 Å². The highest BCUT2D eigenvalue weighted by Gasteiger charge is 2.35. The average molecular weight is 373 g/mol. The van der Waals surface area contributed by atoms with Crippen molar-refractivity contribution in [3.63, 3.8) is 0 Å². The van der Waals surface area contributed by atoms with Crippen LogP contribution in [0.2, 0.25) is 0 Å². The van der Waals surface area contributed by atoms with Gasteiger partial charge in [0.2, 0.25) is 5.08 Å². The topological polar surface area (TPSA) is 86.7 Å². The molecule has 0 heterocycles. The van der Waals surface area contributed by atoms with Crippen LogP contribution < -0.4 is 0 Å². The van der Waals surface area contributed by atoms with E-state index in [4.69, 9.17) is 8.37 Å². The van der Waals surface area contributed by atoms with Crippen LogP contribution in [0, 0.1) is 10.8 Å². The molecule has 6 nitrogen and oxygen atoms in total. The molecule has 2 atom stereocenters. The van der Waals surface area contributed by atoms with Gasteiger partial charge in [-0.05, 0) is 23.7 Å². The van der Waals surface area contributed by atoms with Crippen LogP contribution in [0.1, 0.15) is 68.2 Å². The lowest BCUT2D eigenvalue weighted by Crippen LogP contribution is -2.36. The minimum absolute atomic E-state index is 0.413. The summed E-state index contributed by atoms with van der Waals surface area (Å²) >= 11 is 0. The van der Waals surface area contributed by atoms with E-state index in [1.54, 1.807) is 13.8 Å². The van der Waals surface area contributed by atoms with Gasteiger partial charge in [-0.25, -0.2) is 0 Å². The molecule has 0 amide bonds. The lowest BCUT2D eigenvalue weighted by Gasteiger charge is -2.30. The van der Waals surface area contributed by atoms with Crippen LogP contribution in [0.5, 0.6) is 0 Å². The van der Waals surface area contributed by atoms with Gasteiger partial charge in [0, 0.05) is 0 Å². The molecule has 0 radical (unpaired) electrons. The van der Waals surface area contributed by atoms with Crippen LogP contribution >= 0.6 is 0 Å². The fraction of sp³-hybridized carbons (Fsp3) is 1.00. The molecule has 2 unspecified atom stereocenters. The second kappa shape index (κ2) is 7.80. The van der Waals surface area contributed by atoms with Crippen molar-refractivity contribution >= 4 is 20.2 Å². The van der Waals surface area contributed by atoms with Gasteiger partial charge in [0.15, 0.2) is 0 Å². The molecule has 0 fully saturated rings. The Hall–Kier alpha value is -0.180. The Morgan fingerprint density at radius 2 is 0.957 bits per heavy atom. The first kappa shape index (κ1) is 22.8. The van der Waals surface area contributed by atoms with Gasteiger partial charge in [-0.3, -0.25) is 8.37 Å². The molecule has 0 aromatic heterocycles. The van der Waals surface area contributed by atoms with Crippen LogP contribution in [0.4, 0.5) is 0 Å². The van der Waals surface area contributed by atoms with E-state index in [0.717, 1.165) is 0 Å². The van der Waals surface area contributed by atoms with Gasteiger partial charge in [0.1, 0.15) is 0 Å². The summed E-state index contributed by atoms with van der Waals surface area (Å²) in [7, 11) is -8.49. The summed E-state index contributed by atoms with van der Waals surface area (Å²) in [4.78, 5) is 0. The maximum absolute atomic E-state index is 12.1. The lowest BCUT2D eigenvalue weighted by molar-refractivity contribution is 0.0860. The van der Waals surface area contributed by atoms with Crippen molar-refractivity contribution in [2.45, 2.75) is 80.4 Å². The third-order valence-corrected chi connectivity index (χ3v) is 6.85. The number of rotatable bonds is 8. The summed E-state index contributed by atoms with van der Waals surface area (Å²) in [6.07, 6.45) is -0.258. The molecule has 0 aromatic carbocycles. The molecule has 8 heteroatoms. The molecule has 0 bridgehead atoms. The lowest BCUT2D eigenvalue weighted by atomic mass is 9.88. The quantitative estimate of drug-likeness (QED) is 0.608. The van der Waals surface area contributed by atoms with E-state index in [-0.39, 0.29) is 0 Å². The molecular weight excluding hydrogens is 340 g/mol. The van der Waals surface area contributed by atoms with E-state index in [0.29, 0.717) is 12.8 Å². The van der Waals surface area contributed by atoms with Crippen molar-refractivity contribution in [2.24, 2.45) is 10.8 Å². The zero-order valence-corrected chi connectivity index (χ0v) is 17.2. The maximum atomic E-state index is 12.1. The van der Waals surface area contributed by atoms with Gasteiger partial charge in [0.25, 0.3) is 20.2 Å². The number of hydrogen-bond donors (Lipinski definition) is 0. The maximum Gasteiger partial charge on any atom is 0.284 e. The summed E-state index contributed by atoms with van der Waals surface area (Å²) < 4.78 is 58.6. The van der Waals surface area contributed by atoms with E-state index in [1.165, 1.54) is 0 Å². The Balaban J connectivity index is 5.15. The molecular formula is C15H32O6S2. The third-order valence-electron chi connectivity index (χ3n) is 3.49. The van der Waals surface area contributed by atoms with Gasteiger partial charge in [-0.2, -0.15) is 16.8 Å². The Kier molecular flexibility index (Phi) is 7.74. The summed E-state index contributed by atoms with van der Waals surface area (Å²) in [5, 5.41) is -1.17. The molecule has 0 N–H and O–H groups in total. The summed E-state index contributed by atoms with van der Waals surface area (Å²) in [5.74, 6) is 0. The zero-order chi connectivity index (χ0) is 18.7. The molecule has 0 saturated heterocycles. The minimum atomic E-state index is -4.25. The van der Waals surface area contributed by atoms with Crippen molar-refractivity contribution in [3.05, 3.63) is 0 Å². The van der Waals surface area contributed by atoms with Gasteiger partial charge in [0.05, 0.1) is 12.2 Å². The van der Waals surface area contributed by atoms with E-state index in [9.17, 15) is 16.8 Å². The minimum Gasteiger partial charge on any atom is -0.265 e. The largest absolute Gasteiger partial charge is 0.284 e. The predicted molar refractivity (Wildman–Crippen MR) is 91.9 cm³/mol. The Morgan fingerprint density at radius 1 is 0.696 bits per heavy atom. The molecule has 0 aromatic rings. The predicted octanol–water partition coefficient (Wildman–Crippen LogP) is 3.29. The Labute approximate surface area is 142 Å². The fourth-order valence-electron chi connectivity index (χ4n) is 2.24.